The van der Waals surface area contributed by atoms with Crippen molar-refractivity contribution >= 4 is 6.09 Å². The Morgan fingerprint density at radius 1 is 1.28 bits per heavy atom. The summed E-state index contributed by atoms with van der Waals surface area (Å²) >= 11 is 0. The summed E-state index contributed by atoms with van der Waals surface area (Å²) in [5, 5.41) is 13.8. The number of rotatable bonds is 8. The molecule has 1 aliphatic rings. The zero-order valence-electron chi connectivity index (χ0n) is 16.9. The molecule has 1 fully saturated rings. The summed E-state index contributed by atoms with van der Waals surface area (Å²) in [5.74, 6) is 1.23. The van der Waals surface area contributed by atoms with Gasteiger partial charge in [0.05, 0.1) is 12.1 Å². The second-order valence-electron chi connectivity index (χ2n) is 8.94. The van der Waals surface area contributed by atoms with Crippen LogP contribution in [0.2, 0.25) is 0 Å². The van der Waals surface area contributed by atoms with E-state index in [1.54, 1.807) is 0 Å². The van der Waals surface area contributed by atoms with Crippen molar-refractivity contribution in [2.45, 2.75) is 97.3 Å². The number of amides is 1. The summed E-state index contributed by atoms with van der Waals surface area (Å²) in [6.07, 6.45) is 8.52. The Hall–Kier alpha value is -1.03. The highest BCUT2D eigenvalue weighted by atomic mass is 16.6. The topological polar surface area (TPSA) is 58.6 Å². The van der Waals surface area contributed by atoms with Gasteiger partial charge in [-0.15, -0.1) is 6.58 Å². The molecule has 0 aromatic heterocycles. The van der Waals surface area contributed by atoms with E-state index in [0.717, 1.165) is 6.42 Å². The minimum atomic E-state index is -0.583. The van der Waals surface area contributed by atoms with Gasteiger partial charge in [-0.1, -0.05) is 52.0 Å². The van der Waals surface area contributed by atoms with Crippen LogP contribution in [0.1, 0.15) is 79.6 Å². The Morgan fingerprint density at radius 2 is 1.88 bits per heavy atom. The smallest absolute Gasteiger partial charge is 0.407 e. The maximum absolute atomic E-state index is 12.2. The molecule has 1 amide bonds. The number of allylic oxidation sites excluding steroid dienone is 1. The molecule has 0 bridgehead atoms. The first-order valence-electron chi connectivity index (χ1n) is 9.92. The van der Waals surface area contributed by atoms with Gasteiger partial charge in [0, 0.05) is 0 Å². The van der Waals surface area contributed by atoms with Gasteiger partial charge in [-0.2, -0.15) is 0 Å². The molecule has 146 valence electrons. The molecule has 2 N–H and O–H groups in total. The van der Waals surface area contributed by atoms with Crippen LogP contribution in [0.4, 0.5) is 4.79 Å². The highest BCUT2D eigenvalue weighted by molar-refractivity contribution is 5.68. The standard InChI is InChI=1S/C21H39NO3/c1-7-17(15(2)3)14-19(23)18(13-16-11-9-8-10-12-16)22-20(24)25-21(4,5)6/h7,15-19,23H,1,8-14H2,2-6H3,(H,22,24)/t17-,18+,19+/m1/s1. The number of aliphatic hydroxyl groups excluding tert-OH is 1. The Bertz CT molecular complexity index is 408. The van der Waals surface area contributed by atoms with Gasteiger partial charge in [0.15, 0.2) is 0 Å². The van der Waals surface area contributed by atoms with Crippen LogP contribution in [-0.4, -0.2) is 28.9 Å². The Labute approximate surface area is 154 Å². The van der Waals surface area contributed by atoms with E-state index in [-0.39, 0.29) is 12.0 Å². The Balaban J connectivity index is 2.74. The third-order valence-electron chi connectivity index (χ3n) is 5.15. The molecule has 1 rings (SSSR count). The van der Waals surface area contributed by atoms with Gasteiger partial charge in [0.1, 0.15) is 5.60 Å². The first kappa shape index (κ1) is 22.0. The van der Waals surface area contributed by atoms with Crippen LogP contribution in [0.5, 0.6) is 0 Å². The van der Waals surface area contributed by atoms with E-state index in [9.17, 15) is 9.90 Å². The summed E-state index contributed by atoms with van der Waals surface area (Å²) in [5.41, 5.74) is -0.536. The van der Waals surface area contributed by atoms with Crippen molar-refractivity contribution in [2.75, 3.05) is 0 Å². The van der Waals surface area contributed by atoms with E-state index in [4.69, 9.17) is 4.74 Å². The molecule has 25 heavy (non-hydrogen) atoms. The molecule has 0 unspecified atom stereocenters. The Morgan fingerprint density at radius 3 is 2.36 bits per heavy atom. The first-order valence-corrected chi connectivity index (χ1v) is 9.92. The second kappa shape index (κ2) is 10.2. The fourth-order valence-electron chi connectivity index (χ4n) is 3.64. The summed E-state index contributed by atoms with van der Waals surface area (Å²) in [6, 6.07) is -0.265. The molecule has 3 atom stereocenters. The van der Waals surface area contributed by atoms with E-state index in [1.165, 1.54) is 32.1 Å². The third kappa shape index (κ3) is 8.75. The van der Waals surface area contributed by atoms with Crippen molar-refractivity contribution in [3.8, 4) is 0 Å². The Kier molecular flexibility index (Phi) is 8.98. The van der Waals surface area contributed by atoms with Gasteiger partial charge in [-0.05, 0) is 51.4 Å². The van der Waals surface area contributed by atoms with Crippen molar-refractivity contribution in [1.82, 2.24) is 5.32 Å². The molecule has 1 saturated carbocycles. The van der Waals surface area contributed by atoms with Gasteiger partial charge in [0.2, 0.25) is 0 Å². The number of aliphatic hydroxyl groups is 1. The van der Waals surface area contributed by atoms with Crippen molar-refractivity contribution in [3.05, 3.63) is 12.7 Å². The predicted octanol–water partition coefficient (Wildman–Crippen LogP) is 5.06. The summed E-state index contributed by atoms with van der Waals surface area (Å²) < 4.78 is 5.40. The molecule has 0 aliphatic heterocycles. The van der Waals surface area contributed by atoms with Crippen LogP contribution in [0.15, 0.2) is 12.7 Å². The first-order chi connectivity index (χ1) is 11.6. The van der Waals surface area contributed by atoms with Crippen LogP contribution in [0, 0.1) is 17.8 Å². The maximum atomic E-state index is 12.2. The average molecular weight is 354 g/mol. The lowest BCUT2D eigenvalue weighted by Gasteiger charge is -2.32. The summed E-state index contributed by atoms with van der Waals surface area (Å²) in [7, 11) is 0. The van der Waals surface area contributed by atoms with Crippen LogP contribution in [0.3, 0.4) is 0 Å². The molecule has 1 aliphatic carbocycles. The van der Waals surface area contributed by atoms with Gasteiger partial charge in [-0.3, -0.25) is 0 Å². The molecule has 0 aromatic carbocycles. The molecule has 4 nitrogen and oxygen atoms in total. The number of hydrogen-bond acceptors (Lipinski definition) is 3. The SMILES string of the molecule is C=C[C@H](C[C@H](O)[C@H](CC1CCCCC1)NC(=O)OC(C)(C)C)C(C)C. The van der Waals surface area contributed by atoms with E-state index in [2.05, 4.69) is 25.7 Å². The van der Waals surface area contributed by atoms with Gasteiger partial charge < -0.3 is 15.2 Å². The van der Waals surface area contributed by atoms with Crippen molar-refractivity contribution in [1.29, 1.82) is 0 Å². The van der Waals surface area contributed by atoms with Gasteiger partial charge >= 0.3 is 6.09 Å². The number of carbonyl (C=O) groups excluding carboxylic acids is 1. The van der Waals surface area contributed by atoms with E-state index in [0.29, 0.717) is 18.3 Å². The molecule has 0 radical (unpaired) electrons. The predicted molar refractivity (Wildman–Crippen MR) is 103 cm³/mol. The van der Waals surface area contributed by atoms with E-state index < -0.39 is 17.8 Å². The van der Waals surface area contributed by atoms with Crippen LogP contribution in [0.25, 0.3) is 0 Å². The molecule has 0 heterocycles. The third-order valence-corrected chi connectivity index (χ3v) is 5.15. The molecular weight excluding hydrogens is 314 g/mol. The summed E-state index contributed by atoms with van der Waals surface area (Å²) in [6.45, 7) is 13.7. The maximum Gasteiger partial charge on any atom is 0.407 e. The minimum Gasteiger partial charge on any atom is -0.444 e. The zero-order chi connectivity index (χ0) is 19.0. The zero-order valence-corrected chi connectivity index (χ0v) is 16.9. The monoisotopic (exact) mass is 353 g/mol. The largest absolute Gasteiger partial charge is 0.444 e. The molecule has 0 saturated heterocycles. The molecule has 0 aromatic rings. The lowest BCUT2D eigenvalue weighted by Crippen LogP contribution is -2.47. The number of hydrogen-bond donors (Lipinski definition) is 2. The average Bonchev–Trinajstić information content (AvgIpc) is 2.50. The number of alkyl carbamates (subject to hydrolysis) is 1. The molecule has 4 heteroatoms. The number of nitrogens with one attached hydrogen (secondary N) is 1. The lowest BCUT2D eigenvalue weighted by molar-refractivity contribution is 0.0354. The fraction of sp³-hybridized carbons (Fsp3) is 0.857. The summed E-state index contributed by atoms with van der Waals surface area (Å²) in [4.78, 5) is 12.2. The van der Waals surface area contributed by atoms with Gasteiger partial charge in [0.25, 0.3) is 0 Å². The highest BCUT2D eigenvalue weighted by Gasteiger charge is 2.29. The molecule has 0 spiro atoms. The molecular formula is C21H39NO3. The van der Waals surface area contributed by atoms with Crippen LogP contribution < -0.4 is 5.32 Å². The number of carbonyl (C=O) groups is 1. The second-order valence-corrected chi connectivity index (χ2v) is 8.94. The number of ether oxygens (including phenoxy) is 1. The van der Waals surface area contributed by atoms with Crippen molar-refractivity contribution in [3.63, 3.8) is 0 Å². The van der Waals surface area contributed by atoms with Gasteiger partial charge in [-0.25, -0.2) is 4.79 Å². The van der Waals surface area contributed by atoms with Crippen LogP contribution >= 0.6 is 0 Å². The lowest BCUT2D eigenvalue weighted by atomic mass is 9.81. The highest BCUT2D eigenvalue weighted by Crippen LogP contribution is 2.29. The van der Waals surface area contributed by atoms with E-state index in [1.807, 2.05) is 26.8 Å². The van der Waals surface area contributed by atoms with Crippen LogP contribution in [-0.2, 0) is 4.74 Å². The quantitative estimate of drug-likeness (QED) is 0.600. The van der Waals surface area contributed by atoms with E-state index >= 15 is 0 Å². The minimum absolute atomic E-state index is 0.240. The fourth-order valence-corrected chi connectivity index (χ4v) is 3.64. The normalized spacial score (nSPS) is 20.0. The van der Waals surface area contributed by atoms with Crippen molar-refractivity contribution < 1.29 is 14.6 Å². The van der Waals surface area contributed by atoms with Crippen molar-refractivity contribution in [2.24, 2.45) is 17.8 Å².